The molecule has 0 radical (unpaired) electrons. The minimum atomic E-state index is -0.460. The maximum atomic E-state index is 11.0. The summed E-state index contributed by atoms with van der Waals surface area (Å²) in [6.45, 7) is 15.7. The summed E-state index contributed by atoms with van der Waals surface area (Å²) in [4.78, 5) is 11.0. The molecule has 6 nitrogen and oxygen atoms in total. The van der Waals surface area contributed by atoms with Crippen LogP contribution in [0, 0.1) is 10.8 Å². The Kier molecular flexibility index (Phi) is 29.8. The number of allylic oxidation sites excluding steroid dienone is 1. The van der Waals surface area contributed by atoms with Crippen molar-refractivity contribution in [1.82, 2.24) is 0 Å². The highest BCUT2D eigenvalue weighted by Gasteiger charge is 2.15. The van der Waals surface area contributed by atoms with Gasteiger partial charge in [0.1, 0.15) is 11.8 Å². The van der Waals surface area contributed by atoms with Crippen molar-refractivity contribution in [1.29, 1.82) is 0 Å². The molecule has 0 spiro atoms. The average molecular weight is 568 g/mol. The van der Waals surface area contributed by atoms with Crippen molar-refractivity contribution in [3.63, 3.8) is 0 Å². The molecule has 0 N–H and O–H groups in total. The number of nitroso groups, excluding NO2 is 1. The SMILES string of the molecule is C=C(OCCCCCCOC(COCCCCCCOC)C(=C)N=O)C(CCCCCC)CCCCCCCC. The molecule has 0 bridgehead atoms. The molecule has 0 aromatic rings. The van der Waals surface area contributed by atoms with Gasteiger partial charge in [0.25, 0.3) is 0 Å². The number of nitrogens with zero attached hydrogens (tertiary/aromatic N) is 1. The largest absolute Gasteiger partial charge is 0.498 e. The topological polar surface area (TPSA) is 66.3 Å². The molecule has 0 rings (SSSR count). The van der Waals surface area contributed by atoms with Crippen molar-refractivity contribution in [2.24, 2.45) is 11.1 Å². The first-order valence-electron chi connectivity index (χ1n) is 16.6. The molecular formula is C34H65NO5. The number of ether oxygens (including phenoxy) is 4. The molecule has 40 heavy (non-hydrogen) atoms. The lowest BCUT2D eigenvalue weighted by atomic mass is 9.93. The normalized spacial score (nSPS) is 12.8. The van der Waals surface area contributed by atoms with Crippen LogP contribution in [0.2, 0.25) is 0 Å². The molecule has 0 fully saturated rings. The van der Waals surface area contributed by atoms with Crippen LogP contribution in [-0.2, 0) is 18.9 Å². The van der Waals surface area contributed by atoms with Gasteiger partial charge in [-0.05, 0) is 50.1 Å². The van der Waals surface area contributed by atoms with E-state index in [0.717, 1.165) is 70.3 Å². The fourth-order valence-electron chi connectivity index (χ4n) is 4.85. The average Bonchev–Trinajstić information content (AvgIpc) is 2.96. The van der Waals surface area contributed by atoms with Gasteiger partial charge in [0, 0.05) is 32.8 Å². The van der Waals surface area contributed by atoms with E-state index >= 15 is 0 Å². The molecule has 0 saturated heterocycles. The van der Waals surface area contributed by atoms with E-state index in [1.807, 2.05) is 0 Å². The van der Waals surface area contributed by atoms with E-state index in [-0.39, 0.29) is 5.70 Å². The summed E-state index contributed by atoms with van der Waals surface area (Å²) < 4.78 is 22.8. The monoisotopic (exact) mass is 567 g/mol. The van der Waals surface area contributed by atoms with Gasteiger partial charge in [0.15, 0.2) is 0 Å². The molecule has 0 aliphatic carbocycles. The standard InChI is InChI=1S/C34H65NO5/c1-6-8-10-12-13-19-25-33(24-18-11-9-7-2)32(4)39-28-22-16-17-23-29-40-34(31(3)35-36)30-38-27-21-15-14-20-26-37-5/h33-34H,3-4,6-30H2,1-2,5H3. The lowest BCUT2D eigenvalue weighted by Crippen LogP contribution is -2.22. The van der Waals surface area contributed by atoms with E-state index in [9.17, 15) is 4.91 Å². The molecule has 236 valence electrons. The Morgan fingerprint density at radius 2 is 1.15 bits per heavy atom. The first-order valence-corrected chi connectivity index (χ1v) is 16.6. The Morgan fingerprint density at radius 1 is 0.650 bits per heavy atom. The molecule has 2 unspecified atom stereocenters. The number of methoxy groups -OCH3 is 1. The maximum Gasteiger partial charge on any atom is 0.126 e. The van der Waals surface area contributed by atoms with E-state index in [1.165, 1.54) is 77.0 Å². The van der Waals surface area contributed by atoms with Gasteiger partial charge in [-0.25, -0.2) is 0 Å². The number of hydrogen-bond donors (Lipinski definition) is 0. The van der Waals surface area contributed by atoms with Crippen LogP contribution in [0.5, 0.6) is 0 Å². The van der Waals surface area contributed by atoms with E-state index in [0.29, 0.717) is 25.7 Å². The summed E-state index contributed by atoms with van der Waals surface area (Å²) in [5.74, 6) is 1.51. The smallest absolute Gasteiger partial charge is 0.126 e. The number of unbranched alkanes of at least 4 members (excludes halogenated alkanes) is 14. The molecule has 0 saturated carbocycles. The second-order valence-corrected chi connectivity index (χ2v) is 11.3. The molecule has 0 aliphatic rings. The van der Waals surface area contributed by atoms with Crippen LogP contribution < -0.4 is 0 Å². The summed E-state index contributed by atoms with van der Waals surface area (Å²) in [6, 6.07) is 0. The highest BCUT2D eigenvalue weighted by molar-refractivity contribution is 4.99. The minimum Gasteiger partial charge on any atom is -0.498 e. The van der Waals surface area contributed by atoms with Gasteiger partial charge in [-0.15, -0.1) is 4.91 Å². The second kappa shape index (κ2) is 30.7. The third kappa shape index (κ3) is 24.5. The van der Waals surface area contributed by atoms with Crippen LogP contribution in [-0.4, -0.2) is 46.2 Å². The van der Waals surface area contributed by atoms with Crippen LogP contribution >= 0.6 is 0 Å². The van der Waals surface area contributed by atoms with E-state index in [1.54, 1.807) is 7.11 Å². The van der Waals surface area contributed by atoms with Gasteiger partial charge in [-0.2, -0.15) is 0 Å². The quantitative estimate of drug-likeness (QED) is 0.0448. The second-order valence-electron chi connectivity index (χ2n) is 11.3. The predicted octanol–water partition coefficient (Wildman–Crippen LogP) is 10.3. The van der Waals surface area contributed by atoms with Crippen molar-refractivity contribution in [2.75, 3.05) is 40.1 Å². The van der Waals surface area contributed by atoms with Crippen LogP contribution in [0.3, 0.4) is 0 Å². The molecule has 6 heteroatoms. The molecule has 2 atom stereocenters. The molecule has 0 aromatic heterocycles. The van der Waals surface area contributed by atoms with Gasteiger partial charge in [-0.3, -0.25) is 0 Å². The van der Waals surface area contributed by atoms with Crippen LogP contribution in [0.1, 0.15) is 142 Å². The number of hydrogen-bond acceptors (Lipinski definition) is 6. The van der Waals surface area contributed by atoms with Crippen LogP contribution in [0.25, 0.3) is 0 Å². The summed E-state index contributed by atoms with van der Waals surface area (Å²) in [5, 5.41) is 2.98. The molecule has 0 aromatic carbocycles. The maximum absolute atomic E-state index is 11.0. The summed E-state index contributed by atoms with van der Waals surface area (Å²) in [7, 11) is 1.73. The third-order valence-corrected chi connectivity index (χ3v) is 7.56. The fourth-order valence-corrected chi connectivity index (χ4v) is 4.85. The lowest BCUT2D eigenvalue weighted by Gasteiger charge is -2.20. The van der Waals surface area contributed by atoms with E-state index < -0.39 is 6.10 Å². The van der Waals surface area contributed by atoms with E-state index in [4.69, 9.17) is 18.9 Å². The van der Waals surface area contributed by atoms with Crippen LogP contribution in [0.15, 0.2) is 29.8 Å². The summed E-state index contributed by atoms with van der Waals surface area (Å²) in [5.41, 5.74) is 0.206. The molecule has 0 aliphatic heterocycles. The van der Waals surface area contributed by atoms with Gasteiger partial charge >= 0.3 is 0 Å². The first-order chi connectivity index (χ1) is 19.6. The highest BCUT2D eigenvalue weighted by Crippen LogP contribution is 2.26. The molecule has 0 heterocycles. The molecular weight excluding hydrogens is 502 g/mol. The van der Waals surface area contributed by atoms with Gasteiger partial charge in [-0.1, -0.05) is 110 Å². The van der Waals surface area contributed by atoms with Crippen molar-refractivity contribution < 1.29 is 18.9 Å². The van der Waals surface area contributed by atoms with Crippen molar-refractivity contribution in [3.05, 3.63) is 29.5 Å². The first kappa shape index (κ1) is 38.8. The Balaban J connectivity index is 4.07. The highest BCUT2D eigenvalue weighted by atomic mass is 16.5. The summed E-state index contributed by atoms with van der Waals surface area (Å²) >= 11 is 0. The lowest BCUT2D eigenvalue weighted by molar-refractivity contribution is -0.000329. The Labute approximate surface area is 248 Å². The Hall–Kier alpha value is -1.24. The Morgan fingerprint density at radius 3 is 1.75 bits per heavy atom. The van der Waals surface area contributed by atoms with E-state index in [2.05, 4.69) is 32.2 Å². The van der Waals surface area contributed by atoms with Crippen molar-refractivity contribution in [3.8, 4) is 0 Å². The van der Waals surface area contributed by atoms with Gasteiger partial charge in [0.05, 0.1) is 19.0 Å². The zero-order valence-electron chi connectivity index (χ0n) is 26.7. The third-order valence-electron chi connectivity index (χ3n) is 7.56. The minimum absolute atomic E-state index is 0.206. The predicted molar refractivity (Wildman–Crippen MR) is 170 cm³/mol. The fraction of sp³-hybridized carbons (Fsp3) is 0.882. The zero-order valence-corrected chi connectivity index (χ0v) is 26.7. The van der Waals surface area contributed by atoms with Gasteiger partial charge in [0.2, 0.25) is 0 Å². The zero-order chi connectivity index (χ0) is 29.5. The van der Waals surface area contributed by atoms with Crippen molar-refractivity contribution in [2.45, 2.75) is 148 Å². The van der Waals surface area contributed by atoms with Crippen molar-refractivity contribution >= 4 is 0 Å². The van der Waals surface area contributed by atoms with Crippen LogP contribution in [0.4, 0.5) is 0 Å². The molecule has 0 amide bonds. The summed E-state index contributed by atoms with van der Waals surface area (Å²) in [6.07, 6.45) is 23.6. The number of rotatable bonds is 33. The van der Waals surface area contributed by atoms with Gasteiger partial charge < -0.3 is 18.9 Å². The Bertz CT molecular complexity index is 583.